The smallest absolute Gasteiger partial charge is 0.416 e. The summed E-state index contributed by atoms with van der Waals surface area (Å²) in [7, 11) is 0. The number of aldehydes is 1. The van der Waals surface area contributed by atoms with Crippen molar-refractivity contribution in [1.82, 2.24) is 15.3 Å². The fraction of sp³-hybridized carbons (Fsp3) is 0.111. The number of aromatic nitrogens is 2. The Morgan fingerprint density at radius 2 is 1.84 bits per heavy atom. The molecule has 37 heavy (non-hydrogen) atoms. The fourth-order valence-corrected chi connectivity index (χ4v) is 3.66. The number of halogens is 3. The van der Waals surface area contributed by atoms with Crippen LogP contribution < -0.4 is 11.1 Å². The van der Waals surface area contributed by atoms with Crippen molar-refractivity contribution in [2.75, 3.05) is 0 Å². The number of alkyl halides is 3. The second-order valence-electron chi connectivity index (χ2n) is 7.96. The minimum atomic E-state index is -4.40. The maximum Gasteiger partial charge on any atom is 0.416 e. The molecule has 0 saturated carbocycles. The van der Waals surface area contributed by atoms with Gasteiger partial charge >= 0.3 is 6.18 Å². The Morgan fingerprint density at radius 1 is 1.05 bits per heavy atom. The van der Waals surface area contributed by atoms with Crippen LogP contribution in [0.5, 0.6) is 0 Å². The van der Waals surface area contributed by atoms with Crippen molar-refractivity contribution < 1.29 is 27.5 Å². The lowest BCUT2D eigenvalue weighted by atomic mass is 9.96. The molecule has 3 aromatic carbocycles. The predicted molar refractivity (Wildman–Crippen MR) is 131 cm³/mol. The molecule has 0 aliphatic rings. The zero-order valence-corrected chi connectivity index (χ0v) is 19.3. The third-order valence-corrected chi connectivity index (χ3v) is 5.46. The van der Waals surface area contributed by atoms with Crippen LogP contribution in [0.4, 0.5) is 13.2 Å². The van der Waals surface area contributed by atoms with Gasteiger partial charge in [0.05, 0.1) is 17.8 Å². The van der Waals surface area contributed by atoms with Gasteiger partial charge in [0, 0.05) is 17.8 Å². The van der Waals surface area contributed by atoms with E-state index >= 15 is 0 Å². The van der Waals surface area contributed by atoms with Gasteiger partial charge in [0.2, 0.25) is 0 Å². The molecule has 10 heteroatoms. The van der Waals surface area contributed by atoms with Gasteiger partial charge in [0.1, 0.15) is 12.9 Å². The molecule has 0 bridgehead atoms. The number of fused-ring (bicyclic) bond motifs is 1. The van der Waals surface area contributed by atoms with Gasteiger partial charge in [-0.1, -0.05) is 36.4 Å². The van der Waals surface area contributed by atoms with Crippen LogP contribution >= 0.6 is 0 Å². The first kappa shape index (κ1) is 25.4. The van der Waals surface area contributed by atoms with Crippen molar-refractivity contribution >= 4 is 23.0 Å². The number of carbonyl (C=O) groups is 2. The van der Waals surface area contributed by atoms with Crippen molar-refractivity contribution in [3.8, 4) is 11.1 Å². The van der Waals surface area contributed by atoms with E-state index in [0.717, 1.165) is 34.5 Å². The van der Waals surface area contributed by atoms with Gasteiger partial charge in [0.15, 0.2) is 11.7 Å². The van der Waals surface area contributed by atoms with Crippen LogP contribution in [-0.4, -0.2) is 22.2 Å². The predicted octanol–water partition coefficient (Wildman–Crippen LogP) is 4.76. The Bertz CT molecular complexity index is 1470. The number of rotatable bonds is 8. The molecule has 0 aliphatic carbocycles. The molecule has 3 N–H and O–H groups in total. The van der Waals surface area contributed by atoms with Gasteiger partial charge in [-0.05, 0) is 52.2 Å². The number of hydrogen-bond acceptors (Lipinski definition) is 6. The number of allylic oxidation sites excluding steroid dienone is 1. The number of carbonyl (C=O) groups excluding carboxylic acids is 2. The quantitative estimate of drug-likeness (QED) is 0.203. The summed E-state index contributed by atoms with van der Waals surface area (Å²) in [6, 6.07) is 17.2. The number of hydrogen-bond donors (Lipinski definition) is 2. The maximum atomic E-state index is 12.9. The lowest BCUT2D eigenvalue weighted by Crippen LogP contribution is -2.23. The molecule has 0 saturated heterocycles. The normalized spacial score (nSPS) is 11.8. The average Bonchev–Trinajstić information content (AvgIpc) is 2.90. The van der Waals surface area contributed by atoms with E-state index in [1.807, 2.05) is 12.1 Å². The van der Waals surface area contributed by atoms with Crippen molar-refractivity contribution in [2.45, 2.75) is 19.3 Å². The van der Waals surface area contributed by atoms with Crippen molar-refractivity contribution in [3.05, 3.63) is 108 Å². The van der Waals surface area contributed by atoms with E-state index in [-0.39, 0.29) is 24.9 Å². The highest BCUT2D eigenvalue weighted by Gasteiger charge is 2.30. The van der Waals surface area contributed by atoms with Crippen molar-refractivity contribution in [3.63, 3.8) is 0 Å². The summed E-state index contributed by atoms with van der Waals surface area (Å²) in [4.78, 5) is 31.5. The summed E-state index contributed by atoms with van der Waals surface area (Å²) in [6.07, 6.45) is -1.31. The first-order valence-electron chi connectivity index (χ1n) is 11.1. The first-order valence-corrected chi connectivity index (χ1v) is 11.1. The highest BCUT2D eigenvalue weighted by Crippen LogP contribution is 2.33. The molecule has 7 nitrogen and oxygen atoms in total. The molecular weight excluding hydrogens is 485 g/mol. The minimum Gasteiger partial charge on any atom is -0.471 e. The molecule has 0 spiro atoms. The molecule has 1 amide bonds. The van der Waals surface area contributed by atoms with E-state index in [4.69, 9.17) is 10.5 Å². The molecule has 0 aliphatic heterocycles. The van der Waals surface area contributed by atoms with E-state index < -0.39 is 11.7 Å². The average molecular weight is 506 g/mol. The second kappa shape index (κ2) is 10.9. The first-order chi connectivity index (χ1) is 17.7. The summed E-state index contributed by atoms with van der Waals surface area (Å²) in [5.41, 5.74) is 7.15. The van der Waals surface area contributed by atoms with Crippen LogP contribution in [-0.2, 0) is 28.9 Å². The fourth-order valence-electron chi connectivity index (χ4n) is 3.66. The summed E-state index contributed by atoms with van der Waals surface area (Å²) < 4.78 is 43.9. The number of ether oxygens (including phenoxy) is 1. The molecule has 0 fully saturated rings. The van der Waals surface area contributed by atoms with Crippen molar-refractivity contribution in [2.24, 2.45) is 5.73 Å². The third-order valence-electron chi connectivity index (χ3n) is 5.46. The SMILES string of the molecule is N/C(=C\C=O)OCc1nccc(CNC(=O)c2ccc3c(-c4ccc(C(F)(F)F)cc4)cccc3c2)n1. The highest BCUT2D eigenvalue weighted by molar-refractivity contribution is 6.02. The lowest BCUT2D eigenvalue weighted by Gasteiger charge is -2.11. The lowest BCUT2D eigenvalue weighted by molar-refractivity contribution is -0.137. The molecule has 4 rings (SSSR count). The molecule has 4 aromatic rings. The number of nitrogens with one attached hydrogen (secondary N) is 1. The highest BCUT2D eigenvalue weighted by atomic mass is 19.4. The topological polar surface area (TPSA) is 107 Å². The van der Waals surface area contributed by atoms with Crippen molar-refractivity contribution in [1.29, 1.82) is 0 Å². The zero-order valence-electron chi connectivity index (χ0n) is 19.3. The maximum absolute atomic E-state index is 12.9. The Morgan fingerprint density at radius 3 is 2.57 bits per heavy atom. The van der Waals surface area contributed by atoms with Crippen LogP contribution in [0.25, 0.3) is 21.9 Å². The summed E-state index contributed by atoms with van der Waals surface area (Å²) in [6.45, 7) is 0.0988. The minimum absolute atomic E-state index is 0.0378. The van der Waals surface area contributed by atoms with Crippen LogP contribution in [0.15, 0.2) is 84.9 Å². The van der Waals surface area contributed by atoms with Gasteiger partial charge in [-0.3, -0.25) is 9.59 Å². The van der Waals surface area contributed by atoms with Crippen LogP contribution in [0, 0.1) is 0 Å². The monoisotopic (exact) mass is 506 g/mol. The Kier molecular flexibility index (Phi) is 7.47. The summed E-state index contributed by atoms with van der Waals surface area (Å²) >= 11 is 0. The molecule has 1 heterocycles. The molecule has 0 unspecified atom stereocenters. The number of amides is 1. The molecule has 0 radical (unpaired) electrons. The van der Waals surface area contributed by atoms with Gasteiger partial charge in [-0.15, -0.1) is 0 Å². The van der Waals surface area contributed by atoms with Crippen LogP contribution in [0.1, 0.15) is 27.4 Å². The van der Waals surface area contributed by atoms with E-state index in [2.05, 4.69) is 15.3 Å². The van der Waals surface area contributed by atoms with Gasteiger partial charge in [0.25, 0.3) is 5.91 Å². The molecule has 1 aromatic heterocycles. The summed E-state index contributed by atoms with van der Waals surface area (Å²) in [5.74, 6) is -0.0537. The van der Waals surface area contributed by atoms with Crippen LogP contribution in [0.3, 0.4) is 0 Å². The Labute approximate surface area is 209 Å². The number of nitrogens with two attached hydrogens (primary N) is 1. The summed E-state index contributed by atoms with van der Waals surface area (Å²) in [5, 5.41) is 4.38. The Hall–Kier alpha value is -4.73. The molecular formula is C27H21F3N4O3. The Balaban J connectivity index is 1.46. The van der Waals surface area contributed by atoms with E-state index in [9.17, 15) is 22.8 Å². The number of nitrogens with zero attached hydrogens (tertiary/aromatic N) is 2. The molecule has 188 valence electrons. The standard InChI is InChI=1S/C27H21F3N4O3/c28-27(29,30)20-7-4-17(5-8-20)22-3-1-2-18-14-19(6-9-23(18)22)26(36)33-15-21-10-12-32-25(34-21)16-37-24(31)11-13-35/h1-14H,15-16,31H2,(H,33,36)/b24-11+. The van der Waals surface area contributed by atoms with E-state index in [1.165, 1.54) is 18.3 Å². The van der Waals surface area contributed by atoms with E-state index in [1.54, 1.807) is 30.3 Å². The second-order valence-corrected chi connectivity index (χ2v) is 7.96. The van der Waals surface area contributed by atoms with Gasteiger partial charge in [-0.25, -0.2) is 9.97 Å². The van der Waals surface area contributed by atoms with Gasteiger partial charge < -0.3 is 15.8 Å². The van der Waals surface area contributed by atoms with Gasteiger partial charge in [-0.2, -0.15) is 13.2 Å². The van der Waals surface area contributed by atoms with E-state index in [0.29, 0.717) is 28.9 Å². The largest absolute Gasteiger partial charge is 0.471 e. The molecule has 0 atom stereocenters. The third kappa shape index (κ3) is 6.29. The zero-order chi connectivity index (χ0) is 26.4. The number of benzene rings is 3. The van der Waals surface area contributed by atoms with Crippen LogP contribution in [0.2, 0.25) is 0 Å².